The van der Waals surface area contributed by atoms with Gasteiger partial charge in [0.2, 0.25) is 5.43 Å². The maximum Gasteiger partial charge on any atom is 0.434 e. The highest BCUT2D eigenvalue weighted by Gasteiger charge is 2.34. The van der Waals surface area contributed by atoms with Crippen LogP contribution < -0.4 is 21.4 Å². The average Bonchev–Trinajstić information content (AvgIpc) is 3.48. The van der Waals surface area contributed by atoms with Crippen molar-refractivity contribution in [3.63, 3.8) is 0 Å². The molecule has 10 nitrogen and oxygen atoms in total. The van der Waals surface area contributed by atoms with Crippen molar-refractivity contribution in [3.05, 3.63) is 63.5 Å². The number of anilines is 1. The van der Waals surface area contributed by atoms with Crippen LogP contribution in [0, 0.1) is 5.92 Å². The van der Waals surface area contributed by atoms with E-state index in [-0.39, 0.29) is 16.4 Å². The summed E-state index contributed by atoms with van der Waals surface area (Å²) in [7, 11) is 3.77. The first-order chi connectivity index (χ1) is 21.3. The van der Waals surface area contributed by atoms with Gasteiger partial charge in [0.15, 0.2) is 5.69 Å². The van der Waals surface area contributed by atoms with Crippen molar-refractivity contribution in [2.45, 2.75) is 39.9 Å². The number of carbonyl (C=O) groups is 2. The molecular formula is C31H36F3N7O3S. The molecule has 240 valence electrons. The van der Waals surface area contributed by atoms with Gasteiger partial charge < -0.3 is 20.1 Å². The van der Waals surface area contributed by atoms with Crippen molar-refractivity contribution in [1.29, 1.82) is 0 Å². The van der Waals surface area contributed by atoms with Crippen molar-refractivity contribution in [3.8, 4) is 21.7 Å². The molecule has 0 aliphatic carbocycles. The summed E-state index contributed by atoms with van der Waals surface area (Å²) in [5.74, 6) is 0.00794. The molecule has 45 heavy (non-hydrogen) atoms. The molecule has 3 amide bonds. The molecule has 3 N–H and O–H groups in total. The normalized spacial score (nSPS) is 11.8. The third-order valence-electron chi connectivity index (χ3n) is 6.94. The average molecular weight is 644 g/mol. The molecule has 0 atom stereocenters. The van der Waals surface area contributed by atoms with Crippen LogP contribution in [-0.4, -0.2) is 65.1 Å². The van der Waals surface area contributed by atoms with Crippen LogP contribution in [0.25, 0.3) is 32.6 Å². The summed E-state index contributed by atoms with van der Waals surface area (Å²) in [5, 5.41) is 9.34. The molecule has 4 aromatic rings. The molecule has 0 unspecified atom stereocenters. The number of rotatable bonds is 11. The van der Waals surface area contributed by atoms with Gasteiger partial charge in [-0.25, -0.2) is 14.8 Å². The Labute approximate surface area is 262 Å². The Balaban J connectivity index is 1.86. The van der Waals surface area contributed by atoms with Crippen LogP contribution in [0.4, 0.5) is 23.8 Å². The molecule has 0 fully saturated rings. The monoisotopic (exact) mass is 643 g/mol. The van der Waals surface area contributed by atoms with Gasteiger partial charge >= 0.3 is 12.2 Å². The number of aromatic nitrogens is 3. The lowest BCUT2D eigenvalue weighted by atomic mass is 9.99. The number of aryl methyl sites for hydroxylation is 1. The minimum atomic E-state index is -4.63. The number of nitrogens with zero attached hydrogens (tertiary/aromatic N) is 4. The Hall–Kier alpha value is -4.30. The first-order valence-corrected chi connectivity index (χ1v) is 15.3. The lowest BCUT2D eigenvalue weighted by Gasteiger charge is -2.17. The summed E-state index contributed by atoms with van der Waals surface area (Å²) < 4.78 is 42.2. The zero-order chi connectivity index (χ0) is 32.9. The number of urea groups is 1. The molecule has 0 radical (unpaired) electrons. The summed E-state index contributed by atoms with van der Waals surface area (Å²) in [6.45, 7) is 7.77. The van der Waals surface area contributed by atoms with Crippen molar-refractivity contribution >= 4 is 40.0 Å². The molecule has 3 heterocycles. The SMILES string of the molecule is CCNC(=O)Nc1cc(-c2nc(C(F)(F)F)cs2)c(-c2ccc3c(=O)c(C(=O)NCCN(C)C)cn(CCC(C)C)c3c2)cn1. The van der Waals surface area contributed by atoms with Crippen LogP contribution in [0.5, 0.6) is 0 Å². The van der Waals surface area contributed by atoms with Gasteiger partial charge in [-0.05, 0) is 57.1 Å². The highest BCUT2D eigenvalue weighted by atomic mass is 32.1. The lowest BCUT2D eigenvalue weighted by molar-refractivity contribution is -0.140. The molecule has 0 saturated carbocycles. The Kier molecular flexibility index (Phi) is 10.6. The van der Waals surface area contributed by atoms with Crippen molar-refractivity contribution in [2.24, 2.45) is 5.92 Å². The molecule has 0 aliphatic rings. The topological polar surface area (TPSA) is 121 Å². The fraction of sp³-hybridized carbons (Fsp3) is 0.387. The maximum atomic E-state index is 13.5. The minimum Gasteiger partial charge on any atom is -0.351 e. The van der Waals surface area contributed by atoms with Gasteiger partial charge in [0.25, 0.3) is 5.91 Å². The summed E-state index contributed by atoms with van der Waals surface area (Å²) in [6, 6.07) is 6.00. The summed E-state index contributed by atoms with van der Waals surface area (Å²) in [6.07, 6.45) is -0.835. The van der Waals surface area contributed by atoms with E-state index in [0.29, 0.717) is 59.7 Å². The summed E-state index contributed by atoms with van der Waals surface area (Å²) in [5.41, 5.74) is 0.491. The smallest absolute Gasteiger partial charge is 0.351 e. The predicted octanol–water partition coefficient (Wildman–Crippen LogP) is 5.68. The zero-order valence-corrected chi connectivity index (χ0v) is 26.5. The van der Waals surface area contributed by atoms with Crippen LogP contribution >= 0.6 is 11.3 Å². The fourth-order valence-corrected chi connectivity index (χ4v) is 5.43. The van der Waals surface area contributed by atoms with E-state index < -0.39 is 29.2 Å². The fourth-order valence-electron chi connectivity index (χ4n) is 4.57. The second-order valence-electron chi connectivity index (χ2n) is 11.2. The Morgan fingerprint density at radius 2 is 1.87 bits per heavy atom. The van der Waals surface area contributed by atoms with Gasteiger partial charge in [-0.15, -0.1) is 11.3 Å². The minimum absolute atomic E-state index is 0.0309. The number of amides is 3. The third kappa shape index (κ3) is 8.25. The Morgan fingerprint density at radius 1 is 1.11 bits per heavy atom. The molecule has 0 saturated heterocycles. The number of nitrogens with one attached hydrogen (secondary N) is 3. The van der Waals surface area contributed by atoms with Crippen LogP contribution in [0.15, 0.2) is 46.8 Å². The number of pyridine rings is 2. The van der Waals surface area contributed by atoms with Crippen LogP contribution in [0.1, 0.15) is 43.2 Å². The molecule has 3 aromatic heterocycles. The van der Waals surface area contributed by atoms with Gasteiger partial charge in [-0.3, -0.25) is 14.9 Å². The van der Waals surface area contributed by atoms with E-state index in [2.05, 4.69) is 39.8 Å². The number of likely N-dealkylation sites (N-methyl/N-ethyl adjacent to an activating group) is 1. The highest BCUT2D eigenvalue weighted by molar-refractivity contribution is 7.13. The van der Waals surface area contributed by atoms with E-state index in [1.54, 1.807) is 31.3 Å². The van der Waals surface area contributed by atoms with Gasteiger partial charge in [0, 0.05) is 60.5 Å². The van der Waals surface area contributed by atoms with Crippen LogP contribution in [0.2, 0.25) is 0 Å². The van der Waals surface area contributed by atoms with E-state index in [0.717, 1.165) is 23.1 Å². The molecule has 1 aromatic carbocycles. The second kappa shape index (κ2) is 14.2. The van der Waals surface area contributed by atoms with E-state index in [4.69, 9.17) is 0 Å². The number of hydrogen-bond acceptors (Lipinski definition) is 7. The molecule has 0 aliphatic heterocycles. The third-order valence-corrected chi connectivity index (χ3v) is 7.81. The number of hydrogen-bond donors (Lipinski definition) is 3. The molecule has 4 rings (SSSR count). The van der Waals surface area contributed by atoms with Crippen molar-refractivity contribution in [2.75, 3.05) is 39.0 Å². The molecular weight excluding hydrogens is 607 g/mol. The summed E-state index contributed by atoms with van der Waals surface area (Å²) >= 11 is 0.820. The summed E-state index contributed by atoms with van der Waals surface area (Å²) in [4.78, 5) is 48.8. The highest BCUT2D eigenvalue weighted by Crippen LogP contribution is 2.39. The first-order valence-electron chi connectivity index (χ1n) is 14.5. The van der Waals surface area contributed by atoms with Crippen molar-refractivity contribution < 1.29 is 22.8 Å². The van der Waals surface area contributed by atoms with Crippen molar-refractivity contribution in [1.82, 2.24) is 30.1 Å². The zero-order valence-electron chi connectivity index (χ0n) is 25.7. The van der Waals surface area contributed by atoms with E-state index in [9.17, 15) is 27.6 Å². The second-order valence-corrected chi connectivity index (χ2v) is 12.0. The standard InChI is InChI=1S/C31H36F3N7O3S/c1-6-35-30(44)39-26-14-21(29-38-25(17-45-29)31(32,33)34)22(15-37-26)19-7-8-20-24(13-19)41(11-9-18(2)3)16-23(27(20)42)28(43)36-10-12-40(4)5/h7-8,13-18H,6,9-12H2,1-5H3,(H,36,43)(H2,35,37,39,44). The molecule has 14 heteroatoms. The number of alkyl halides is 3. The predicted molar refractivity (Wildman–Crippen MR) is 171 cm³/mol. The molecule has 0 bridgehead atoms. The number of benzene rings is 1. The number of thiazole rings is 1. The molecule has 0 spiro atoms. The van der Waals surface area contributed by atoms with E-state index >= 15 is 0 Å². The maximum absolute atomic E-state index is 13.5. The van der Waals surface area contributed by atoms with Gasteiger partial charge in [0.1, 0.15) is 16.4 Å². The quantitative estimate of drug-likeness (QED) is 0.193. The van der Waals surface area contributed by atoms with Crippen LogP contribution in [-0.2, 0) is 12.7 Å². The first kappa shape index (κ1) is 33.6. The number of carbonyl (C=O) groups excluding carboxylic acids is 2. The van der Waals surface area contributed by atoms with E-state index in [1.165, 1.54) is 12.3 Å². The Bertz CT molecular complexity index is 1750. The lowest BCUT2D eigenvalue weighted by Crippen LogP contribution is -2.34. The van der Waals surface area contributed by atoms with E-state index in [1.807, 2.05) is 23.6 Å². The number of fused-ring (bicyclic) bond motifs is 1. The van der Waals surface area contributed by atoms with Gasteiger partial charge in [-0.2, -0.15) is 13.2 Å². The van der Waals surface area contributed by atoms with Crippen LogP contribution in [0.3, 0.4) is 0 Å². The Morgan fingerprint density at radius 3 is 2.51 bits per heavy atom. The largest absolute Gasteiger partial charge is 0.434 e. The number of halogens is 3. The van der Waals surface area contributed by atoms with Gasteiger partial charge in [-0.1, -0.05) is 19.9 Å². The van der Waals surface area contributed by atoms with Gasteiger partial charge in [0.05, 0.1) is 5.52 Å².